The highest BCUT2D eigenvalue weighted by Gasteiger charge is 2.43. The molecule has 0 spiro atoms. The summed E-state index contributed by atoms with van der Waals surface area (Å²) in [5.41, 5.74) is 4.79. The van der Waals surface area contributed by atoms with Crippen LogP contribution < -0.4 is 5.32 Å². The molecule has 0 saturated heterocycles. The Morgan fingerprint density at radius 3 is 2.59 bits per heavy atom. The molecule has 2 aromatic carbocycles. The fraction of sp³-hybridized carbons (Fsp3) is 0.435. The van der Waals surface area contributed by atoms with E-state index >= 15 is 0 Å². The van der Waals surface area contributed by atoms with Crippen molar-refractivity contribution in [3.8, 4) is 0 Å². The molecule has 2 aliphatic rings. The molecule has 2 nitrogen and oxygen atoms in total. The van der Waals surface area contributed by atoms with Crippen LogP contribution in [-0.4, -0.2) is 12.3 Å². The minimum absolute atomic E-state index is 0.0432. The molecule has 142 valence electrons. The summed E-state index contributed by atoms with van der Waals surface area (Å²) in [6, 6.07) is 13.3. The highest BCUT2D eigenvalue weighted by Crippen LogP contribution is 2.46. The maximum Gasteiger partial charge on any atom is 0.242 e. The number of hydrogen-bond donors (Lipinski definition) is 1. The number of nitrogens with one attached hydrogen (secondary N) is 1. The Bertz CT molecular complexity index is 890. The van der Waals surface area contributed by atoms with Gasteiger partial charge in [-0.15, -0.1) is 0 Å². The molecule has 1 N–H and O–H groups in total. The van der Waals surface area contributed by atoms with Gasteiger partial charge in [0, 0.05) is 11.6 Å². The van der Waals surface area contributed by atoms with Gasteiger partial charge in [0.15, 0.2) is 0 Å². The van der Waals surface area contributed by atoms with Gasteiger partial charge >= 0.3 is 0 Å². The number of carbonyl (C=O) groups excluding carboxylic acids is 1. The van der Waals surface area contributed by atoms with Gasteiger partial charge in [-0.05, 0) is 52.5 Å². The molecule has 27 heavy (non-hydrogen) atoms. The maximum atomic E-state index is 13.6. The molecule has 4 heteroatoms. The van der Waals surface area contributed by atoms with Crippen LogP contribution in [0.15, 0.2) is 42.5 Å². The van der Waals surface area contributed by atoms with Crippen molar-refractivity contribution >= 4 is 11.6 Å². The number of anilines is 1. The fourth-order valence-electron chi connectivity index (χ4n) is 4.76. The summed E-state index contributed by atoms with van der Waals surface area (Å²) in [6.07, 6.45) is -1.38. The zero-order valence-corrected chi connectivity index (χ0v) is 15.9. The molecule has 4 rings (SSSR count). The highest BCUT2D eigenvalue weighted by atomic mass is 19.3. The number of halogens is 2. The van der Waals surface area contributed by atoms with Crippen LogP contribution in [0.2, 0.25) is 0 Å². The van der Waals surface area contributed by atoms with Crippen LogP contribution >= 0.6 is 0 Å². The van der Waals surface area contributed by atoms with Crippen molar-refractivity contribution in [2.24, 2.45) is 11.8 Å². The van der Waals surface area contributed by atoms with E-state index in [1.54, 1.807) is 0 Å². The lowest BCUT2D eigenvalue weighted by atomic mass is 9.80. The molecule has 0 saturated carbocycles. The molecular weight excluding hydrogens is 344 g/mol. The third-order valence-corrected chi connectivity index (χ3v) is 6.75. The SMILES string of the molecule is CC1Cc2c(NC(=O)C3c4ccccc4CC3C(F)F)cccc2C1(C)C. The summed E-state index contributed by atoms with van der Waals surface area (Å²) >= 11 is 0. The minimum atomic E-state index is -2.52. The largest absolute Gasteiger partial charge is 0.325 e. The first kappa shape index (κ1) is 18.1. The van der Waals surface area contributed by atoms with Crippen LogP contribution in [0.1, 0.15) is 48.9 Å². The summed E-state index contributed by atoms with van der Waals surface area (Å²) < 4.78 is 27.3. The quantitative estimate of drug-likeness (QED) is 0.780. The molecule has 0 aliphatic heterocycles. The predicted octanol–water partition coefficient (Wildman–Crippen LogP) is 5.32. The van der Waals surface area contributed by atoms with Crippen molar-refractivity contribution in [3.05, 3.63) is 64.7 Å². The first-order valence-corrected chi connectivity index (χ1v) is 9.60. The Kier molecular flexibility index (Phi) is 4.32. The smallest absolute Gasteiger partial charge is 0.242 e. The summed E-state index contributed by atoms with van der Waals surface area (Å²) in [5.74, 6) is -1.62. The lowest BCUT2D eigenvalue weighted by Gasteiger charge is -2.25. The van der Waals surface area contributed by atoms with Crippen molar-refractivity contribution < 1.29 is 13.6 Å². The molecule has 1 amide bonds. The molecule has 2 aromatic rings. The van der Waals surface area contributed by atoms with E-state index in [9.17, 15) is 13.6 Å². The Balaban J connectivity index is 1.67. The second-order valence-corrected chi connectivity index (χ2v) is 8.53. The number of rotatable bonds is 3. The first-order valence-electron chi connectivity index (χ1n) is 9.60. The molecule has 0 fully saturated rings. The number of hydrogen-bond acceptors (Lipinski definition) is 1. The standard InChI is InChI=1S/C23H25F2NO/c1-13-11-16-18(23(13,2)3)9-6-10-19(16)26-22(27)20-15-8-5-4-7-14(15)12-17(20)21(24)25/h4-10,13,17,20-21H,11-12H2,1-3H3,(H,26,27). The van der Waals surface area contributed by atoms with Crippen LogP contribution in [0, 0.1) is 11.8 Å². The van der Waals surface area contributed by atoms with Crippen LogP contribution in [-0.2, 0) is 23.1 Å². The Morgan fingerprint density at radius 2 is 1.85 bits per heavy atom. The normalized spacial score (nSPS) is 25.3. The topological polar surface area (TPSA) is 29.1 Å². The van der Waals surface area contributed by atoms with Crippen molar-refractivity contribution in [1.29, 1.82) is 0 Å². The maximum absolute atomic E-state index is 13.6. The molecule has 3 unspecified atom stereocenters. The van der Waals surface area contributed by atoms with E-state index in [-0.39, 0.29) is 17.7 Å². The number of alkyl halides is 2. The molecule has 0 radical (unpaired) electrons. The molecule has 0 bridgehead atoms. The van der Waals surface area contributed by atoms with E-state index < -0.39 is 18.3 Å². The zero-order chi connectivity index (χ0) is 19.3. The van der Waals surface area contributed by atoms with Gasteiger partial charge < -0.3 is 5.32 Å². The lowest BCUT2D eigenvalue weighted by molar-refractivity contribution is -0.120. The van der Waals surface area contributed by atoms with Crippen LogP contribution in [0.5, 0.6) is 0 Å². The molecular formula is C23H25F2NO. The molecule has 0 aromatic heterocycles. The van der Waals surface area contributed by atoms with Crippen molar-refractivity contribution in [1.82, 2.24) is 0 Å². The summed E-state index contributed by atoms with van der Waals surface area (Å²) in [4.78, 5) is 13.1. The Labute approximate surface area is 159 Å². The number of fused-ring (bicyclic) bond motifs is 2. The van der Waals surface area contributed by atoms with Crippen LogP contribution in [0.4, 0.5) is 14.5 Å². The molecule has 0 heterocycles. The second kappa shape index (κ2) is 6.43. The van der Waals surface area contributed by atoms with Crippen molar-refractivity contribution in [3.63, 3.8) is 0 Å². The van der Waals surface area contributed by atoms with E-state index in [1.807, 2.05) is 36.4 Å². The number of carbonyl (C=O) groups is 1. The van der Waals surface area contributed by atoms with E-state index in [0.717, 1.165) is 28.8 Å². The highest BCUT2D eigenvalue weighted by molar-refractivity contribution is 5.97. The van der Waals surface area contributed by atoms with Gasteiger partial charge in [-0.2, -0.15) is 0 Å². The Morgan fingerprint density at radius 1 is 1.11 bits per heavy atom. The second-order valence-electron chi connectivity index (χ2n) is 8.53. The summed E-state index contributed by atoms with van der Waals surface area (Å²) in [6.45, 7) is 6.65. The van der Waals surface area contributed by atoms with Crippen molar-refractivity contribution in [2.75, 3.05) is 5.32 Å². The first-order chi connectivity index (χ1) is 12.8. The van der Waals surface area contributed by atoms with Gasteiger partial charge in [-0.3, -0.25) is 4.79 Å². The van der Waals surface area contributed by atoms with Gasteiger partial charge in [-0.25, -0.2) is 8.78 Å². The molecule has 2 aliphatic carbocycles. The number of benzene rings is 2. The van der Waals surface area contributed by atoms with E-state index in [2.05, 4.69) is 32.2 Å². The fourth-order valence-corrected chi connectivity index (χ4v) is 4.76. The van der Waals surface area contributed by atoms with Gasteiger partial charge in [0.05, 0.1) is 5.92 Å². The van der Waals surface area contributed by atoms with E-state index in [0.29, 0.717) is 5.92 Å². The zero-order valence-electron chi connectivity index (χ0n) is 15.9. The van der Waals surface area contributed by atoms with Crippen LogP contribution in [0.25, 0.3) is 0 Å². The predicted molar refractivity (Wildman–Crippen MR) is 103 cm³/mol. The number of amides is 1. The van der Waals surface area contributed by atoms with Crippen LogP contribution in [0.3, 0.4) is 0 Å². The molecule has 3 atom stereocenters. The van der Waals surface area contributed by atoms with Gasteiger partial charge in [0.2, 0.25) is 12.3 Å². The minimum Gasteiger partial charge on any atom is -0.325 e. The third-order valence-electron chi connectivity index (χ3n) is 6.75. The van der Waals surface area contributed by atoms with Gasteiger partial charge in [0.25, 0.3) is 0 Å². The summed E-state index contributed by atoms with van der Waals surface area (Å²) in [5, 5.41) is 3.00. The average Bonchev–Trinajstić information content (AvgIpc) is 3.12. The Hall–Kier alpha value is -2.23. The van der Waals surface area contributed by atoms with E-state index in [4.69, 9.17) is 0 Å². The van der Waals surface area contributed by atoms with Gasteiger partial charge in [-0.1, -0.05) is 57.2 Å². The average molecular weight is 369 g/mol. The third kappa shape index (κ3) is 2.86. The van der Waals surface area contributed by atoms with Crippen molar-refractivity contribution in [2.45, 2.75) is 51.4 Å². The lowest BCUT2D eigenvalue weighted by Crippen LogP contribution is -2.29. The van der Waals surface area contributed by atoms with E-state index in [1.165, 1.54) is 5.56 Å². The summed E-state index contributed by atoms with van der Waals surface area (Å²) in [7, 11) is 0. The monoisotopic (exact) mass is 369 g/mol. The van der Waals surface area contributed by atoms with Gasteiger partial charge in [0.1, 0.15) is 0 Å².